The van der Waals surface area contributed by atoms with Gasteiger partial charge in [0.15, 0.2) is 0 Å². The van der Waals surface area contributed by atoms with E-state index in [9.17, 15) is 4.39 Å². The zero-order valence-corrected chi connectivity index (χ0v) is 8.16. The standard InChI is InChI=1S/C9H7ClFN3/c1-14-8(2-3-13-14)7-4-6(10)5-12-9(7)11/h2-5H,1H3. The molecule has 0 N–H and O–H groups in total. The monoisotopic (exact) mass is 211 g/mol. The largest absolute Gasteiger partial charge is 0.268 e. The normalized spacial score (nSPS) is 10.5. The van der Waals surface area contributed by atoms with Crippen molar-refractivity contribution in [3.05, 3.63) is 35.5 Å². The van der Waals surface area contributed by atoms with Crippen molar-refractivity contribution in [2.45, 2.75) is 0 Å². The summed E-state index contributed by atoms with van der Waals surface area (Å²) < 4.78 is 14.9. The maximum Gasteiger partial charge on any atom is 0.222 e. The number of nitrogens with zero attached hydrogens (tertiary/aromatic N) is 3. The van der Waals surface area contributed by atoms with Crippen molar-refractivity contribution in [1.29, 1.82) is 0 Å². The Morgan fingerprint density at radius 3 is 2.93 bits per heavy atom. The molecule has 72 valence electrons. The zero-order valence-electron chi connectivity index (χ0n) is 7.41. The third kappa shape index (κ3) is 1.48. The highest BCUT2D eigenvalue weighted by Gasteiger charge is 2.09. The fraction of sp³-hybridized carbons (Fsp3) is 0.111. The molecule has 2 aromatic rings. The van der Waals surface area contributed by atoms with E-state index >= 15 is 0 Å². The van der Waals surface area contributed by atoms with Gasteiger partial charge in [0, 0.05) is 19.4 Å². The molecule has 2 rings (SSSR count). The quantitative estimate of drug-likeness (QED) is 0.678. The molecule has 2 heterocycles. The molecule has 0 aliphatic rings. The van der Waals surface area contributed by atoms with Crippen molar-refractivity contribution in [3.63, 3.8) is 0 Å². The van der Waals surface area contributed by atoms with Crippen LogP contribution in [0.4, 0.5) is 4.39 Å². The van der Waals surface area contributed by atoms with Gasteiger partial charge in [-0.2, -0.15) is 9.49 Å². The highest BCUT2D eigenvalue weighted by molar-refractivity contribution is 6.30. The summed E-state index contributed by atoms with van der Waals surface area (Å²) >= 11 is 5.73. The lowest BCUT2D eigenvalue weighted by Gasteiger charge is -2.02. The molecule has 14 heavy (non-hydrogen) atoms. The smallest absolute Gasteiger partial charge is 0.222 e. The first kappa shape index (κ1) is 9.15. The topological polar surface area (TPSA) is 30.7 Å². The number of pyridine rings is 1. The van der Waals surface area contributed by atoms with Gasteiger partial charge in [0.25, 0.3) is 0 Å². The van der Waals surface area contributed by atoms with Crippen LogP contribution in [0.1, 0.15) is 0 Å². The first-order chi connectivity index (χ1) is 6.68. The summed E-state index contributed by atoms with van der Waals surface area (Å²) in [4.78, 5) is 3.54. The molecular formula is C9H7ClFN3. The minimum absolute atomic E-state index is 0.359. The maximum absolute atomic E-state index is 13.3. The zero-order chi connectivity index (χ0) is 10.1. The fourth-order valence-electron chi connectivity index (χ4n) is 1.24. The second kappa shape index (κ2) is 3.38. The summed E-state index contributed by atoms with van der Waals surface area (Å²) in [6, 6.07) is 3.23. The van der Waals surface area contributed by atoms with Crippen LogP contribution < -0.4 is 0 Å². The van der Waals surface area contributed by atoms with Gasteiger partial charge in [-0.25, -0.2) is 4.98 Å². The SMILES string of the molecule is Cn1nccc1-c1cc(Cl)cnc1F. The van der Waals surface area contributed by atoms with Gasteiger partial charge >= 0.3 is 0 Å². The summed E-state index contributed by atoms with van der Waals surface area (Å²) in [6.45, 7) is 0. The summed E-state index contributed by atoms with van der Waals surface area (Å²) in [5.41, 5.74) is 1.01. The molecule has 0 atom stereocenters. The van der Waals surface area contributed by atoms with Gasteiger partial charge in [0.2, 0.25) is 5.95 Å². The Bertz CT molecular complexity index is 467. The van der Waals surface area contributed by atoms with Crippen molar-refractivity contribution >= 4 is 11.6 Å². The van der Waals surface area contributed by atoms with Crippen molar-refractivity contribution in [3.8, 4) is 11.3 Å². The van der Waals surface area contributed by atoms with Gasteiger partial charge in [-0.3, -0.25) is 4.68 Å². The molecule has 3 nitrogen and oxygen atoms in total. The van der Waals surface area contributed by atoms with Crippen molar-refractivity contribution in [1.82, 2.24) is 14.8 Å². The van der Waals surface area contributed by atoms with Crippen LogP contribution in [0.3, 0.4) is 0 Å². The van der Waals surface area contributed by atoms with Gasteiger partial charge in [-0.15, -0.1) is 0 Å². The van der Waals surface area contributed by atoms with Gasteiger partial charge in [-0.05, 0) is 12.1 Å². The molecule has 0 aliphatic carbocycles. The molecule has 0 unspecified atom stereocenters. The number of aromatic nitrogens is 3. The van der Waals surface area contributed by atoms with E-state index in [4.69, 9.17) is 11.6 Å². The Morgan fingerprint density at radius 2 is 2.29 bits per heavy atom. The summed E-state index contributed by atoms with van der Waals surface area (Å²) in [5.74, 6) is -0.544. The van der Waals surface area contributed by atoms with Crippen LogP contribution in [-0.2, 0) is 7.05 Å². The van der Waals surface area contributed by atoms with E-state index in [0.717, 1.165) is 0 Å². The number of aryl methyl sites for hydroxylation is 1. The van der Waals surface area contributed by atoms with Crippen LogP contribution in [0.25, 0.3) is 11.3 Å². The third-order valence-electron chi connectivity index (χ3n) is 1.90. The lowest BCUT2D eigenvalue weighted by atomic mass is 10.2. The first-order valence-corrected chi connectivity index (χ1v) is 4.35. The van der Waals surface area contributed by atoms with Crippen LogP contribution in [0.2, 0.25) is 5.02 Å². The second-order valence-electron chi connectivity index (χ2n) is 2.83. The van der Waals surface area contributed by atoms with Crippen molar-refractivity contribution < 1.29 is 4.39 Å². The minimum atomic E-state index is -0.544. The molecule has 0 saturated heterocycles. The molecule has 0 aromatic carbocycles. The van der Waals surface area contributed by atoms with E-state index in [1.807, 2.05) is 0 Å². The summed E-state index contributed by atoms with van der Waals surface area (Å²) in [6.07, 6.45) is 2.87. The second-order valence-corrected chi connectivity index (χ2v) is 3.27. The van der Waals surface area contributed by atoms with Crippen molar-refractivity contribution in [2.75, 3.05) is 0 Å². The van der Waals surface area contributed by atoms with Crippen LogP contribution in [0.15, 0.2) is 24.5 Å². The van der Waals surface area contributed by atoms with Crippen LogP contribution in [0, 0.1) is 5.95 Å². The molecule has 0 spiro atoms. The Balaban J connectivity index is 2.62. The molecule has 0 aliphatic heterocycles. The van der Waals surface area contributed by atoms with Crippen molar-refractivity contribution in [2.24, 2.45) is 7.05 Å². The fourth-order valence-corrected chi connectivity index (χ4v) is 1.40. The van der Waals surface area contributed by atoms with E-state index in [0.29, 0.717) is 16.3 Å². The predicted octanol–water partition coefficient (Wildman–Crippen LogP) is 2.27. The number of hydrogen-bond acceptors (Lipinski definition) is 2. The van der Waals surface area contributed by atoms with E-state index in [1.54, 1.807) is 24.0 Å². The molecule has 0 radical (unpaired) electrons. The Hall–Kier alpha value is -1.42. The van der Waals surface area contributed by atoms with Gasteiger partial charge < -0.3 is 0 Å². The van der Waals surface area contributed by atoms with E-state index < -0.39 is 5.95 Å². The molecule has 0 saturated carbocycles. The van der Waals surface area contributed by atoms with E-state index in [1.165, 1.54) is 12.3 Å². The number of rotatable bonds is 1. The lowest BCUT2D eigenvalue weighted by Crippen LogP contribution is -1.96. The summed E-state index contributed by atoms with van der Waals surface area (Å²) in [7, 11) is 1.73. The average Bonchev–Trinajstić information content (AvgIpc) is 2.56. The van der Waals surface area contributed by atoms with Gasteiger partial charge in [-0.1, -0.05) is 11.6 Å². The highest BCUT2D eigenvalue weighted by Crippen LogP contribution is 2.23. The maximum atomic E-state index is 13.3. The predicted molar refractivity (Wildman–Crippen MR) is 51.4 cm³/mol. The lowest BCUT2D eigenvalue weighted by molar-refractivity contribution is 0.585. The molecule has 0 fully saturated rings. The summed E-state index contributed by atoms with van der Waals surface area (Å²) in [5, 5.41) is 4.35. The molecular weight excluding hydrogens is 205 g/mol. The minimum Gasteiger partial charge on any atom is -0.268 e. The molecule has 0 bridgehead atoms. The Kier molecular flexibility index (Phi) is 2.21. The Morgan fingerprint density at radius 1 is 1.50 bits per heavy atom. The average molecular weight is 212 g/mol. The third-order valence-corrected chi connectivity index (χ3v) is 2.11. The van der Waals surface area contributed by atoms with Gasteiger partial charge in [0.05, 0.1) is 16.3 Å². The Labute approximate surface area is 85.1 Å². The highest BCUT2D eigenvalue weighted by atomic mass is 35.5. The van der Waals surface area contributed by atoms with Crippen LogP contribution in [-0.4, -0.2) is 14.8 Å². The number of hydrogen-bond donors (Lipinski definition) is 0. The van der Waals surface area contributed by atoms with Crippen LogP contribution >= 0.6 is 11.6 Å². The van der Waals surface area contributed by atoms with Gasteiger partial charge in [0.1, 0.15) is 0 Å². The van der Waals surface area contributed by atoms with E-state index in [-0.39, 0.29) is 0 Å². The molecule has 5 heteroatoms. The first-order valence-electron chi connectivity index (χ1n) is 3.98. The van der Waals surface area contributed by atoms with Crippen LogP contribution in [0.5, 0.6) is 0 Å². The molecule has 2 aromatic heterocycles. The number of halogens is 2. The van der Waals surface area contributed by atoms with E-state index in [2.05, 4.69) is 10.1 Å². The molecule has 0 amide bonds.